The number of ether oxygens (including phenoxy) is 1. The maximum absolute atomic E-state index is 5.23. The van der Waals surface area contributed by atoms with E-state index in [4.69, 9.17) is 4.74 Å². The van der Waals surface area contributed by atoms with Crippen LogP contribution in [0.1, 0.15) is 10.4 Å². The van der Waals surface area contributed by atoms with Crippen LogP contribution in [-0.2, 0) is 6.54 Å². The fraction of sp³-hybridized carbons (Fsp3) is 0.231. The quantitative estimate of drug-likeness (QED) is 0.901. The van der Waals surface area contributed by atoms with E-state index in [1.54, 1.807) is 18.4 Å². The normalized spacial score (nSPS) is 10.3. The van der Waals surface area contributed by atoms with Crippen LogP contribution < -0.4 is 10.1 Å². The van der Waals surface area contributed by atoms with E-state index in [0.717, 1.165) is 22.5 Å². The average Bonchev–Trinajstić information content (AvgIpc) is 2.71. The Kier molecular flexibility index (Phi) is 4.07. The van der Waals surface area contributed by atoms with Gasteiger partial charge >= 0.3 is 0 Å². The smallest absolute Gasteiger partial charge is 0.122 e. The highest BCUT2D eigenvalue weighted by molar-refractivity contribution is 9.10. The van der Waals surface area contributed by atoms with Crippen molar-refractivity contribution >= 4 is 33.0 Å². The van der Waals surface area contributed by atoms with Crippen molar-refractivity contribution in [3.8, 4) is 5.75 Å². The minimum Gasteiger partial charge on any atom is -0.497 e. The zero-order valence-electron chi connectivity index (χ0n) is 9.79. The fourth-order valence-electron chi connectivity index (χ4n) is 1.55. The van der Waals surface area contributed by atoms with Gasteiger partial charge in [0, 0.05) is 27.6 Å². The highest BCUT2D eigenvalue weighted by atomic mass is 79.9. The van der Waals surface area contributed by atoms with Crippen molar-refractivity contribution in [1.29, 1.82) is 0 Å². The van der Waals surface area contributed by atoms with Crippen molar-refractivity contribution in [3.63, 3.8) is 0 Å². The third-order valence-corrected chi connectivity index (χ3v) is 4.01. The fourth-order valence-corrected chi connectivity index (χ4v) is 2.87. The molecule has 1 N–H and O–H groups in total. The molecular formula is C13H14BrNOS. The van der Waals surface area contributed by atoms with Crippen LogP contribution in [0.3, 0.4) is 0 Å². The van der Waals surface area contributed by atoms with Gasteiger partial charge in [-0.15, -0.1) is 11.3 Å². The number of benzene rings is 1. The average molecular weight is 312 g/mol. The maximum Gasteiger partial charge on any atom is 0.122 e. The second-order valence-corrected chi connectivity index (χ2v) is 5.68. The molecule has 0 aliphatic heterocycles. The first kappa shape index (κ1) is 12.5. The van der Waals surface area contributed by atoms with E-state index in [0.29, 0.717) is 0 Å². The lowest BCUT2D eigenvalue weighted by Crippen LogP contribution is -1.99. The predicted molar refractivity (Wildman–Crippen MR) is 77.1 cm³/mol. The van der Waals surface area contributed by atoms with E-state index in [2.05, 4.69) is 39.6 Å². The first-order valence-corrected chi connectivity index (χ1v) is 6.97. The van der Waals surface area contributed by atoms with E-state index in [1.165, 1.54) is 10.4 Å². The maximum atomic E-state index is 5.23. The molecule has 2 aromatic rings. The van der Waals surface area contributed by atoms with Crippen LogP contribution in [0.4, 0.5) is 5.69 Å². The van der Waals surface area contributed by atoms with Gasteiger partial charge < -0.3 is 10.1 Å². The third kappa shape index (κ3) is 3.23. The van der Waals surface area contributed by atoms with Gasteiger partial charge in [-0.1, -0.05) is 15.9 Å². The van der Waals surface area contributed by atoms with Gasteiger partial charge in [0.25, 0.3) is 0 Å². The number of anilines is 1. The van der Waals surface area contributed by atoms with E-state index in [1.807, 2.05) is 18.2 Å². The molecule has 0 bridgehead atoms. The molecule has 17 heavy (non-hydrogen) atoms. The first-order chi connectivity index (χ1) is 8.19. The van der Waals surface area contributed by atoms with Gasteiger partial charge in [-0.2, -0.15) is 0 Å². The van der Waals surface area contributed by atoms with Gasteiger partial charge in [0.05, 0.1) is 7.11 Å². The van der Waals surface area contributed by atoms with Crippen LogP contribution in [0, 0.1) is 6.92 Å². The summed E-state index contributed by atoms with van der Waals surface area (Å²) in [6.07, 6.45) is 0. The predicted octanol–water partition coefficient (Wildman–Crippen LogP) is 4.44. The van der Waals surface area contributed by atoms with Crippen LogP contribution in [0.25, 0.3) is 0 Å². The molecule has 1 aromatic carbocycles. The highest BCUT2D eigenvalue weighted by Gasteiger charge is 2.02. The lowest BCUT2D eigenvalue weighted by molar-refractivity contribution is 0.414. The summed E-state index contributed by atoms with van der Waals surface area (Å²) in [5.41, 5.74) is 2.40. The summed E-state index contributed by atoms with van der Waals surface area (Å²) < 4.78 is 6.25. The van der Waals surface area contributed by atoms with Gasteiger partial charge in [0.2, 0.25) is 0 Å². The van der Waals surface area contributed by atoms with Crippen molar-refractivity contribution in [2.75, 3.05) is 12.4 Å². The monoisotopic (exact) mass is 311 g/mol. The molecule has 0 aliphatic rings. The molecule has 2 rings (SSSR count). The summed E-state index contributed by atoms with van der Waals surface area (Å²) in [5, 5.41) is 5.52. The number of halogens is 1. The number of rotatable bonds is 4. The molecule has 0 fully saturated rings. The molecule has 0 saturated carbocycles. The van der Waals surface area contributed by atoms with Crippen molar-refractivity contribution in [2.45, 2.75) is 13.5 Å². The zero-order valence-corrected chi connectivity index (χ0v) is 12.2. The summed E-state index contributed by atoms with van der Waals surface area (Å²) in [6.45, 7) is 2.98. The lowest BCUT2D eigenvalue weighted by Gasteiger charge is -2.08. The van der Waals surface area contributed by atoms with Crippen LogP contribution >= 0.6 is 27.3 Å². The van der Waals surface area contributed by atoms with Gasteiger partial charge in [0.1, 0.15) is 5.75 Å². The Hall–Kier alpha value is -1.00. The molecule has 0 spiro atoms. The van der Waals surface area contributed by atoms with Crippen molar-refractivity contribution in [1.82, 2.24) is 0 Å². The molecular weight excluding hydrogens is 298 g/mol. The standard InChI is InChI=1S/C13H14BrNOS/c1-9-3-4-17-13(9)8-15-11-5-10(14)6-12(7-11)16-2/h3-7,15H,8H2,1-2H3. The minimum absolute atomic E-state index is 0.850. The van der Waals surface area contributed by atoms with Gasteiger partial charge in [0.15, 0.2) is 0 Å². The van der Waals surface area contributed by atoms with E-state index in [-0.39, 0.29) is 0 Å². The number of methoxy groups -OCH3 is 1. The molecule has 90 valence electrons. The molecule has 0 unspecified atom stereocenters. The number of hydrogen-bond acceptors (Lipinski definition) is 3. The molecule has 0 aliphatic carbocycles. The molecule has 1 heterocycles. The Labute approximate surface area is 114 Å². The van der Waals surface area contributed by atoms with E-state index < -0.39 is 0 Å². The third-order valence-electron chi connectivity index (χ3n) is 2.53. The number of thiophene rings is 1. The second-order valence-electron chi connectivity index (χ2n) is 3.76. The zero-order chi connectivity index (χ0) is 12.3. The number of aryl methyl sites for hydroxylation is 1. The number of nitrogens with one attached hydrogen (secondary N) is 1. The van der Waals surface area contributed by atoms with Crippen molar-refractivity contribution in [2.24, 2.45) is 0 Å². The molecule has 4 heteroatoms. The van der Waals surface area contributed by atoms with Crippen LogP contribution in [0.2, 0.25) is 0 Å². The molecule has 1 aromatic heterocycles. The first-order valence-electron chi connectivity index (χ1n) is 5.30. The van der Waals surface area contributed by atoms with E-state index in [9.17, 15) is 0 Å². The Bertz CT molecular complexity index is 510. The van der Waals surface area contributed by atoms with Crippen LogP contribution in [0.15, 0.2) is 34.1 Å². The molecule has 2 nitrogen and oxygen atoms in total. The van der Waals surface area contributed by atoms with Crippen LogP contribution in [0.5, 0.6) is 5.75 Å². The van der Waals surface area contributed by atoms with Gasteiger partial charge in [-0.25, -0.2) is 0 Å². The Balaban J connectivity index is 2.09. The lowest BCUT2D eigenvalue weighted by atomic mass is 10.2. The topological polar surface area (TPSA) is 21.3 Å². The Morgan fingerprint density at radius 3 is 2.82 bits per heavy atom. The van der Waals surface area contributed by atoms with Gasteiger partial charge in [-0.3, -0.25) is 0 Å². The molecule has 0 saturated heterocycles. The summed E-state index contributed by atoms with van der Waals surface area (Å²) in [5.74, 6) is 0.852. The summed E-state index contributed by atoms with van der Waals surface area (Å²) >= 11 is 5.25. The minimum atomic E-state index is 0.850. The van der Waals surface area contributed by atoms with E-state index >= 15 is 0 Å². The Morgan fingerprint density at radius 2 is 2.18 bits per heavy atom. The summed E-state index contributed by atoms with van der Waals surface area (Å²) in [6, 6.07) is 8.13. The molecule has 0 atom stereocenters. The van der Waals surface area contributed by atoms with Gasteiger partial charge in [-0.05, 0) is 36.1 Å². The Morgan fingerprint density at radius 1 is 1.35 bits per heavy atom. The summed E-state index contributed by atoms with van der Waals surface area (Å²) in [4.78, 5) is 1.36. The van der Waals surface area contributed by atoms with Crippen molar-refractivity contribution < 1.29 is 4.74 Å². The second kappa shape index (κ2) is 5.56. The summed E-state index contributed by atoms with van der Waals surface area (Å²) in [7, 11) is 1.68. The van der Waals surface area contributed by atoms with Crippen LogP contribution in [-0.4, -0.2) is 7.11 Å². The van der Waals surface area contributed by atoms with Crippen molar-refractivity contribution in [3.05, 3.63) is 44.6 Å². The number of hydrogen-bond donors (Lipinski definition) is 1. The highest BCUT2D eigenvalue weighted by Crippen LogP contribution is 2.25. The molecule has 0 radical (unpaired) electrons. The largest absolute Gasteiger partial charge is 0.497 e. The SMILES string of the molecule is COc1cc(Br)cc(NCc2sccc2C)c1. The molecule has 0 amide bonds.